The molecule has 0 atom stereocenters. The van der Waals surface area contributed by atoms with E-state index in [4.69, 9.17) is 11.6 Å². The Kier molecular flexibility index (Phi) is 9.05. The molecule has 0 aliphatic rings. The predicted molar refractivity (Wildman–Crippen MR) is 136 cm³/mol. The summed E-state index contributed by atoms with van der Waals surface area (Å²) >= 11 is 6.19. The average Bonchev–Trinajstić information content (AvgIpc) is 2.84. The fourth-order valence-corrected chi connectivity index (χ4v) is 3.34. The van der Waals surface area contributed by atoms with Crippen LogP contribution >= 0.6 is 11.6 Å². The van der Waals surface area contributed by atoms with Crippen molar-refractivity contribution in [2.24, 2.45) is 0 Å². The summed E-state index contributed by atoms with van der Waals surface area (Å²) in [6, 6.07) is 21.5. The van der Waals surface area contributed by atoms with Gasteiger partial charge in [-0.15, -0.1) is 0 Å². The van der Waals surface area contributed by atoms with Crippen LogP contribution in [0.3, 0.4) is 0 Å². The lowest BCUT2D eigenvalue weighted by molar-refractivity contribution is -0.116. The van der Waals surface area contributed by atoms with E-state index < -0.39 is 0 Å². The molecule has 3 amide bonds. The van der Waals surface area contributed by atoms with Gasteiger partial charge in [0.2, 0.25) is 11.8 Å². The summed E-state index contributed by atoms with van der Waals surface area (Å²) in [7, 11) is 0. The highest BCUT2D eigenvalue weighted by atomic mass is 35.5. The first-order chi connectivity index (χ1) is 16.4. The van der Waals surface area contributed by atoms with E-state index >= 15 is 0 Å². The zero-order valence-electron chi connectivity index (χ0n) is 18.9. The van der Waals surface area contributed by atoms with Gasteiger partial charge in [-0.25, -0.2) is 0 Å². The van der Waals surface area contributed by atoms with Crippen LogP contribution in [0.15, 0.2) is 72.8 Å². The van der Waals surface area contributed by atoms with Gasteiger partial charge in [0, 0.05) is 29.9 Å². The van der Waals surface area contributed by atoms with Gasteiger partial charge in [0.1, 0.15) is 0 Å². The highest BCUT2D eigenvalue weighted by Crippen LogP contribution is 2.25. The maximum absolute atomic E-state index is 12.5. The first-order valence-corrected chi connectivity index (χ1v) is 11.4. The first-order valence-electron chi connectivity index (χ1n) is 11.0. The number of nitrogens with one attached hydrogen (secondary N) is 4. The number of halogens is 1. The molecule has 4 N–H and O–H groups in total. The van der Waals surface area contributed by atoms with Crippen molar-refractivity contribution in [3.05, 3.63) is 88.9 Å². The van der Waals surface area contributed by atoms with Crippen molar-refractivity contribution < 1.29 is 14.4 Å². The molecule has 0 aliphatic heterocycles. The lowest BCUT2D eigenvalue weighted by Gasteiger charge is -2.12. The second-order valence-corrected chi connectivity index (χ2v) is 8.05. The fourth-order valence-electron chi connectivity index (χ4n) is 3.18. The minimum atomic E-state index is -0.321. The number of benzene rings is 3. The first kappa shape index (κ1) is 24.8. The van der Waals surface area contributed by atoms with Gasteiger partial charge in [-0.2, -0.15) is 0 Å². The highest BCUT2D eigenvalue weighted by Gasteiger charge is 2.10. The molecule has 176 valence electrons. The minimum absolute atomic E-state index is 0.0299. The summed E-state index contributed by atoms with van der Waals surface area (Å²) in [5.74, 6) is -0.625. The molecular formula is C26H27ClN4O3. The van der Waals surface area contributed by atoms with Crippen LogP contribution in [-0.2, 0) is 16.1 Å². The molecule has 0 aliphatic carbocycles. The molecule has 0 fully saturated rings. The van der Waals surface area contributed by atoms with Crippen LogP contribution in [0, 0.1) is 0 Å². The molecule has 0 saturated carbocycles. The summed E-state index contributed by atoms with van der Waals surface area (Å²) in [4.78, 5) is 36.7. The molecule has 7 nitrogen and oxygen atoms in total. The molecular weight excluding hydrogens is 452 g/mol. The van der Waals surface area contributed by atoms with Crippen LogP contribution in [0.1, 0.15) is 35.7 Å². The lowest BCUT2D eigenvalue weighted by atomic mass is 10.1. The summed E-state index contributed by atoms with van der Waals surface area (Å²) < 4.78 is 0. The largest absolute Gasteiger partial charge is 0.376 e. The summed E-state index contributed by atoms with van der Waals surface area (Å²) in [6.07, 6.45) is 1.15. The van der Waals surface area contributed by atoms with Crippen molar-refractivity contribution in [2.75, 3.05) is 22.5 Å². The van der Waals surface area contributed by atoms with Crippen molar-refractivity contribution >= 4 is 46.4 Å². The van der Waals surface area contributed by atoms with E-state index in [0.29, 0.717) is 40.6 Å². The van der Waals surface area contributed by atoms with Gasteiger partial charge in [-0.3, -0.25) is 14.4 Å². The summed E-state index contributed by atoms with van der Waals surface area (Å²) in [5, 5.41) is 11.8. The van der Waals surface area contributed by atoms with E-state index in [-0.39, 0.29) is 24.3 Å². The monoisotopic (exact) mass is 478 g/mol. The average molecular weight is 479 g/mol. The molecule has 3 rings (SSSR count). The quantitative estimate of drug-likeness (QED) is 0.327. The van der Waals surface area contributed by atoms with Gasteiger partial charge in [0.15, 0.2) is 0 Å². The number of hydrogen-bond acceptors (Lipinski definition) is 4. The molecule has 0 saturated heterocycles. The molecule has 0 heterocycles. The Balaban J connectivity index is 1.54. The molecule has 0 spiro atoms. The van der Waals surface area contributed by atoms with Crippen molar-refractivity contribution in [1.82, 2.24) is 5.32 Å². The molecule has 0 unspecified atom stereocenters. The van der Waals surface area contributed by atoms with Crippen LogP contribution in [0.25, 0.3) is 0 Å². The van der Waals surface area contributed by atoms with E-state index in [1.165, 1.54) is 0 Å². The van der Waals surface area contributed by atoms with E-state index in [0.717, 1.165) is 12.0 Å². The topological polar surface area (TPSA) is 99.3 Å². The van der Waals surface area contributed by atoms with Crippen LogP contribution in [0.5, 0.6) is 0 Å². The molecule has 34 heavy (non-hydrogen) atoms. The summed E-state index contributed by atoms with van der Waals surface area (Å²) in [5.41, 5.74) is 3.08. The molecule has 0 bridgehead atoms. The number of carbonyl (C=O) groups excluding carboxylic acids is 3. The molecule has 8 heteroatoms. The van der Waals surface area contributed by atoms with E-state index in [1.807, 2.05) is 37.3 Å². The Bertz CT molecular complexity index is 1150. The van der Waals surface area contributed by atoms with Crippen molar-refractivity contribution in [1.29, 1.82) is 0 Å². The highest BCUT2D eigenvalue weighted by molar-refractivity contribution is 6.34. The van der Waals surface area contributed by atoms with Gasteiger partial charge in [-0.1, -0.05) is 54.9 Å². The standard InChI is InChI=1S/C26H27ClN4O3/c1-2-7-24(32)30-21-12-13-22(27)23(15-21)31-25(33)17-28-20-11-6-10-19(14-20)26(34)29-16-18-8-4-3-5-9-18/h3-6,8-15,28H,2,7,16-17H2,1H3,(H,29,34)(H,30,32)(H,31,33). The predicted octanol–water partition coefficient (Wildman–Crippen LogP) is 5.06. The van der Waals surface area contributed by atoms with Crippen molar-refractivity contribution in [2.45, 2.75) is 26.3 Å². The number of carbonyl (C=O) groups is 3. The maximum atomic E-state index is 12.5. The Morgan fingerprint density at radius 3 is 2.38 bits per heavy atom. The second-order valence-electron chi connectivity index (χ2n) is 7.64. The third kappa shape index (κ3) is 7.64. The van der Waals surface area contributed by atoms with E-state index in [9.17, 15) is 14.4 Å². The van der Waals surface area contributed by atoms with Gasteiger partial charge < -0.3 is 21.3 Å². The van der Waals surface area contributed by atoms with Crippen LogP contribution in [0.2, 0.25) is 5.02 Å². The molecule has 0 aromatic heterocycles. The molecule has 3 aromatic carbocycles. The number of rotatable bonds is 10. The van der Waals surface area contributed by atoms with E-state index in [1.54, 1.807) is 42.5 Å². The maximum Gasteiger partial charge on any atom is 0.251 e. The van der Waals surface area contributed by atoms with Gasteiger partial charge >= 0.3 is 0 Å². The number of amides is 3. The minimum Gasteiger partial charge on any atom is -0.376 e. The number of hydrogen-bond donors (Lipinski definition) is 4. The van der Waals surface area contributed by atoms with Crippen molar-refractivity contribution in [3.63, 3.8) is 0 Å². The zero-order chi connectivity index (χ0) is 24.3. The third-order valence-electron chi connectivity index (χ3n) is 4.87. The SMILES string of the molecule is CCCC(=O)Nc1ccc(Cl)c(NC(=O)CNc2cccc(C(=O)NCc3ccccc3)c2)c1. The Hall–Kier alpha value is -3.84. The van der Waals surface area contributed by atoms with Crippen molar-refractivity contribution in [3.8, 4) is 0 Å². The molecule has 3 aromatic rings. The lowest BCUT2D eigenvalue weighted by Crippen LogP contribution is -2.24. The fraction of sp³-hybridized carbons (Fsp3) is 0.192. The summed E-state index contributed by atoms with van der Waals surface area (Å²) in [6.45, 7) is 2.32. The van der Waals surface area contributed by atoms with Crippen LogP contribution < -0.4 is 21.3 Å². The number of anilines is 3. The third-order valence-corrected chi connectivity index (χ3v) is 5.20. The Labute approximate surface area is 203 Å². The van der Waals surface area contributed by atoms with Crippen LogP contribution in [0.4, 0.5) is 17.1 Å². The smallest absolute Gasteiger partial charge is 0.251 e. The second kappa shape index (κ2) is 12.4. The van der Waals surface area contributed by atoms with Gasteiger partial charge in [-0.05, 0) is 48.4 Å². The Morgan fingerprint density at radius 2 is 1.62 bits per heavy atom. The van der Waals surface area contributed by atoms with Crippen LogP contribution in [-0.4, -0.2) is 24.3 Å². The van der Waals surface area contributed by atoms with Gasteiger partial charge in [0.25, 0.3) is 5.91 Å². The normalized spacial score (nSPS) is 10.3. The van der Waals surface area contributed by atoms with Gasteiger partial charge in [0.05, 0.1) is 17.3 Å². The zero-order valence-corrected chi connectivity index (χ0v) is 19.6. The van der Waals surface area contributed by atoms with E-state index in [2.05, 4.69) is 21.3 Å². The molecule has 0 radical (unpaired) electrons. The Morgan fingerprint density at radius 1 is 0.824 bits per heavy atom.